The fourth-order valence-corrected chi connectivity index (χ4v) is 1.50. The van der Waals surface area contributed by atoms with E-state index in [2.05, 4.69) is 27.7 Å². The van der Waals surface area contributed by atoms with E-state index >= 15 is 0 Å². The van der Waals surface area contributed by atoms with Crippen LogP contribution in [0.3, 0.4) is 0 Å². The van der Waals surface area contributed by atoms with Crippen molar-refractivity contribution in [2.75, 3.05) is 0 Å². The van der Waals surface area contributed by atoms with E-state index in [0.29, 0.717) is 24.7 Å². The van der Waals surface area contributed by atoms with Crippen LogP contribution in [0.2, 0.25) is 0 Å². The van der Waals surface area contributed by atoms with Crippen LogP contribution in [0.25, 0.3) is 0 Å². The van der Waals surface area contributed by atoms with Crippen LogP contribution in [-0.2, 0) is 9.59 Å². The molecule has 0 saturated carbocycles. The average Bonchev–Trinajstić information content (AvgIpc) is 2.19. The van der Waals surface area contributed by atoms with Crippen LogP contribution in [0.15, 0.2) is 0 Å². The predicted octanol–water partition coefficient (Wildman–Crippen LogP) is 3.24. The first-order valence-electron chi connectivity index (χ1n) is 5.88. The summed E-state index contributed by atoms with van der Waals surface area (Å²) in [6.07, 6.45) is 4.98. The monoisotopic (exact) mass is 212 g/mol. The van der Waals surface area contributed by atoms with Gasteiger partial charge in [0.2, 0.25) is 0 Å². The molecule has 0 bridgehead atoms. The Morgan fingerprint density at radius 3 is 1.40 bits per heavy atom. The highest BCUT2D eigenvalue weighted by atomic mass is 16.1. The summed E-state index contributed by atoms with van der Waals surface area (Å²) in [4.78, 5) is 22.1. The van der Waals surface area contributed by atoms with Crippen molar-refractivity contribution in [3.63, 3.8) is 0 Å². The van der Waals surface area contributed by atoms with Crippen molar-refractivity contribution in [2.45, 2.75) is 53.4 Å². The normalized spacial score (nSPS) is 12.1. The maximum absolute atomic E-state index is 11.1. The number of hydrogen-bond acceptors (Lipinski definition) is 2. The third-order valence-electron chi connectivity index (χ3n) is 2.84. The van der Waals surface area contributed by atoms with Crippen molar-refractivity contribution >= 4 is 12.6 Å². The van der Waals surface area contributed by atoms with Gasteiger partial charge in [-0.1, -0.05) is 27.7 Å². The Labute approximate surface area is 93.4 Å². The van der Waals surface area contributed by atoms with Gasteiger partial charge in [0, 0.05) is 0 Å². The lowest BCUT2D eigenvalue weighted by atomic mass is 9.79. The number of aldehydes is 2. The second-order valence-electron chi connectivity index (χ2n) is 5.33. The molecule has 0 fully saturated rings. The first-order chi connectivity index (χ1) is 6.95. The molecule has 0 aromatic heterocycles. The van der Waals surface area contributed by atoms with E-state index in [1.54, 1.807) is 0 Å². The molecule has 0 amide bonds. The number of hydrogen-bond donors (Lipinski definition) is 0. The van der Waals surface area contributed by atoms with Crippen LogP contribution in [-0.4, -0.2) is 12.6 Å². The van der Waals surface area contributed by atoms with E-state index in [9.17, 15) is 9.59 Å². The Kier molecular flexibility index (Phi) is 6.46. The Morgan fingerprint density at radius 1 is 0.867 bits per heavy atom. The van der Waals surface area contributed by atoms with E-state index in [1.165, 1.54) is 0 Å². The number of carbonyl (C=O) groups is 2. The van der Waals surface area contributed by atoms with Crippen LogP contribution in [0.5, 0.6) is 0 Å². The third kappa shape index (κ3) is 5.71. The average molecular weight is 212 g/mol. The summed E-state index contributed by atoms with van der Waals surface area (Å²) < 4.78 is 0. The molecule has 0 heterocycles. The van der Waals surface area contributed by atoms with Crippen molar-refractivity contribution in [2.24, 2.45) is 17.3 Å². The lowest BCUT2D eigenvalue weighted by Gasteiger charge is -2.23. The molecule has 0 rings (SSSR count). The fraction of sp³-hybridized carbons (Fsp3) is 0.846. The van der Waals surface area contributed by atoms with Crippen molar-refractivity contribution in [3.8, 4) is 0 Å². The summed E-state index contributed by atoms with van der Waals surface area (Å²) in [5, 5.41) is 0. The zero-order chi connectivity index (χ0) is 11.9. The van der Waals surface area contributed by atoms with E-state index < -0.39 is 5.41 Å². The summed E-state index contributed by atoms with van der Waals surface area (Å²) in [7, 11) is 0. The molecule has 0 aliphatic rings. The van der Waals surface area contributed by atoms with Crippen LogP contribution in [0, 0.1) is 17.3 Å². The standard InChI is InChI=1S/C13H24O2/c1-11(2)5-7-13(9-14,10-15)8-6-12(3)4/h9-12H,5-8H2,1-4H3. The third-order valence-corrected chi connectivity index (χ3v) is 2.84. The molecule has 0 aliphatic heterocycles. The Morgan fingerprint density at radius 2 is 1.20 bits per heavy atom. The maximum Gasteiger partial charge on any atom is 0.133 e. The molecule has 88 valence electrons. The van der Waals surface area contributed by atoms with Crippen LogP contribution < -0.4 is 0 Å². The molecule has 2 nitrogen and oxygen atoms in total. The van der Waals surface area contributed by atoms with Gasteiger partial charge < -0.3 is 9.59 Å². The zero-order valence-corrected chi connectivity index (χ0v) is 10.5. The minimum Gasteiger partial charge on any atom is -0.302 e. The first kappa shape index (κ1) is 14.3. The molecule has 0 aromatic rings. The van der Waals surface area contributed by atoms with Gasteiger partial charge >= 0.3 is 0 Å². The van der Waals surface area contributed by atoms with E-state index in [1.807, 2.05) is 0 Å². The van der Waals surface area contributed by atoms with Crippen molar-refractivity contribution < 1.29 is 9.59 Å². The molecule has 0 saturated heterocycles. The van der Waals surface area contributed by atoms with Gasteiger partial charge in [0.15, 0.2) is 0 Å². The number of carbonyl (C=O) groups excluding carboxylic acids is 2. The molecular formula is C13H24O2. The summed E-state index contributed by atoms with van der Waals surface area (Å²) in [6, 6.07) is 0. The SMILES string of the molecule is CC(C)CCC(C=O)(C=O)CCC(C)C. The molecule has 15 heavy (non-hydrogen) atoms. The highest BCUT2D eigenvalue weighted by Gasteiger charge is 2.28. The van der Waals surface area contributed by atoms with Gasteiger partial charge in [-0.2, -0.15) is 0 Å². The summed E-state index contributed by atoms with van der Waals surface area (Å²) in [5.74, 6) is 1.09. The fourth-order valence-electron chi connectivity index (χ4n) is 1.50. The Balaban J connectivity index is 4.30. The molecule has 0 N–H and O–H groups in total. The van der Waals surface area contributed by atoms with E-state index in [0.717, 1.165) is 25.4 Å². The first-order valence-corrected chi connectivity index (χ1v) is 5.88. The van der Waals surface area contributed by atoms with Gasteiger partial charge in [0.1, 0.15) is 12.6 Å². The second-order valence-corrected chi connectivity index (χ2v) is 5.33. The van der Waals surface area contributed by atoms with Gasteiger partial charge in [-0.05, 0) is 37.5 Å². The van der Waals surface area contributed by atoms with Crippen molar-refractivity contribution in [3.05, 3.63) is 0 Å². The second kappa shape index (κ2) is 6.76. The smallest absolute Gasteiger partial charge is 0.133 e. The minimum atomic E-state index is -0.714. The van der Waals surface area contributed by atoms with Crippen LogP contribution in [0.4, 0.5) is 0 Å². The van der Waals surface area contributed by atoms with Crippen LogP contribution >= 0.6 is 0 Å². The predicted molar refractivity (Wildman–Crippen MR) is 62.7 cm³/mol. The van der Waals surface area contributed by atoms with Gasteiger partial charge in [0.05, 0.1) is 5.41 Å². The molecular weight excluding hydrogens is 188 g/mol. The quantitative estimate of drug-likeness (QED) is 0.457. The lowest BCUT2D eigenvalue weighted by molar-refractivity contribution is -0.127. The Bertz CT molecular complexity index is 173. The Hall–Kier alpha value is -0.660. The summed E-state index contributed by atoms with van der Waals surface area (Å²) >= 11 is 0. The zero-order valence-electron chi connectivity index (χ0n) is 10.5. The molecule has 0 radical (unpaired) electrons. The van der Waals surface area contributed by atoms with Gasteiger partial charge in [-0.15, -0.1) is 0 Å². The molecule has 0 aliphatic carbocycles. The highest BCUT2D eigenvalue weighted by molar-refractivity contribution is 5.83. The van der Waals surface area contributed by atoms with Gasteiger partial charge in [0.25, 0.3) is 0 Å². The highest BCUT2D eigenvalue weighted by Crippen LogP contribution is 2.28. The van der Waals surface area contributed by atoms with E-state index in [-0.39, 0.29) is 0 Å². The molecule has 0 atom stereocenters. The maximum atomic E-state index is 11.1. The summed E-state index contributed by atoms with van der Waals surface area (Å²) in [6.45, 7) is 8.46. The van der Waals surface area contributed by atoms with Gasteiger partial charge in [-0.25, -0.2) is 0 Å². The minimum absolute atomic E-state index is 0.545. The molecule has 0 unspecified atom stereocenters. The largest absolute Gasteiger partial charge is 0.302 e. The summed E-state index contributed by atoms with van der Waals surface area (Å²) in [5.41, 5.74) is -0.714. The van der Waals surface area contributed by atoms with Gasteiger partial charge in [-0.3, -0.25) is 0 Å². The van der Waals surface area contributed by atoms with E-state index in [4.69, 9.17) is 0 Å². The topological polar surface area (TPSA) is 34.1 Å². The lowest BCUT2D eigenvalue weighted by Crippen LogP contribution is -2.25. The van der Waals surface area contributed by atoms with Crippen molar-refractivity contribution in [1.29, 1.82) is 0 Å². The molecule has 0 spiro atoms. The molecule has 0 aromatic carbocycles. The van der Waals surface area contributed by atoms with Crippen LogP contribution in [0.1, 0.15) is 53.4 Å². The molecule has 2 heteroatoms. The van der Waals surface area contributed by atoms with Crippen molar-refractivity contribution in [1.82, 2.24) is 0 Å². The number of rotatable bonds is 8.